The summed E-state index contributed by atoms with van der Waals surface area (Å²) in [5.41, 5.74) is 2.77. The summed E-state index contributed by atoms with van der Waals surface area (Å²) in [7, 11) is 1.84. The fourth-order valence-electron chi connectivity index (χ4n) is 2.70. The molecule has 7 nitrogen and oxygen atoms in total. The summed E-state index contributed by atoms with van der Waals surface area (Å²) in [6.45, 7) is 7.28. The number of hydrogen-bond acceptors (Lipinski definition) is 5. The molecule has 2 heterocycles. The molecule has 0 saturated heterocycles. The number of carbonyl (C=O) groups is 1. The van der Waals surface area contributed by atoms with Gasteiger partial charge in [-0.05, 0) is 50.5 Å². The molecule has 0 unspecified atom stereocenters. The van der Waals surface area contributed by atoms with Gasteiger partial charge in [-0.1, -0.05) is 11.3 Å². The molecule has 0 saturated carbocycles. The molecule has 1 aromatic carbocycles. The van der Waals surface area contributed by atoms with Gasteiger partial charge in [-0.15, -0.1) is 5.10 Å². The molecule has 1 aromatic heterocycles. The Morgan fingerprint density at radius 2 is 2.08 bits per heavy atom. The van der Waals surface area contributed by atoms with Crippen LogP contribution in [0.1, 0.15) is 37.6 Å². The summed E-state index contributed by atoms with van der Waals surface area (Å²) in [6.07, 6.45) is 2.22. The third kappa shape index (κ3) is 4.29. The maximum absolute atomic E-state index is 12.2. The third-order valence-corrected chi connectivity index (χ3v) is 4.04. The summed E-state index contributed by atoms with van der Waals surface area (Å²) in [4.78, 5) is 14.0. The van der Waals surface area contributed by atoms with Gasteiger partial charge in [0, 0.05) is 20.1 Å². The molecule has 1 amide bonds. The van der Waals surface area contributed by atoms with E-state index in [0.717, 1.165) is 23.4 Å². The zero-order chi connectivity index (χ0) is 18.0. The Balaban J connectivity index is 1.63. The second-order valence-electron chi connectivity index (χ2n) is 7.22. The molecule has 0 spiro atoms. The zero-order valence-electron chi connectivity index (χ0n) is 15.2. The van der Waals surface area contributed by atoms with Crippen LogP contribution >= 0.6 is 0 Å². The molecule has 1 aliphatic heterocycles. The summed E-state index contributed by atoms with van der Waals surface area (Å²) in [6, 6.07) is 6.00. The highest BCUT2D eigenvalue weighted by atomic mass is 16.6. The van der Waals surface area contributed by atoms with Crippen molar-refractivity contribution in [3.05, 3.63) is 41.2 Å². The van der Waals surface area contributed by atoms with Gasteiger partial charge in [0.2, 0.25) is 0 Å². The average molecular weight is 344 g/mol. The van der Waals surface area contributed by atoms with Crippen molar-refractivity contribution < 1.29 is 14.3 Å². The van der Waals surface area contributed by atoms with Crippen LogP contribution < -0.4 is 4.74 Å². The SMILES string of the molecule is Cn1nncc1COc1ccc2c(c1)CCN(C(=O)OC(C)(C)C)C2. The van der Waals surface area contributed by atoms with E-state index in [1.807, 2.05) is 46.0 Å². The third-order valence-electron chi connectivity index (χ3n) is 4.04. The van der Waals surface area contributed by atoms with Gasteiger partial charge >= 0.3 is 6.09 Å². The molecule has 0 N–H and O–H groups in total. The lowest BCUT2D eigenvalue weighted by Crippen LogP contribution is -2.39. The van der Waals surface area contributed by atoms with Gasteiger partial charge < -0.3 is 14.4 Å². The molecule has 0 aliphatic carbocycles. The number of carbonyl (C=O) groups excluding carboxylic acids is 1. The number of aromatic nitrogens is 3. The monoisotopic (exact) mass is 344 g/mol. The van der Waals surface area contributed by atoms with Crippen molar-refractivity contribution in [1.82, 2.24) is 19.9 Å². The predicted octanol–water partition coefficient (Wildman–Crippen LogP) is 2.69. The maximum Gasteiger partial charge on any atom is 0.410 e. The highest BCUT2D eigenvalue weighted by Crippen LogP contribution is 2.25. The Kier molecular flexibility index (Phi) is 4.65. The largest absolute Gasteiger partial charge is 0.487 e. The smallest absolute Gasteiger partial charge is 0.410 e. The van der Waals surface area contributed by atoms with Crippen molar-refractivity contribution in [3.8, 4) is 5.75 Å². The molecule has 3 rings (SSSR count). The van der Waals surface area contributed by atoms with Crippen molar-refractivity contribution in [1.29, 1.82) is 0 Å². The number of benzene rings is 1. The fraction of sp³-hybridized carbons (Fsp3) is 0.500. The van der Waals surface area contributed by atoms with E-state index in [9.17, 15) is 4.79 Å². The standard InChI is InChI=1S/C18H24N4O3/c1-18(2,3)25-17(23)22-8-7-13-9-16(6-5-14(13)11-22)24-12-15-10-19-20-21(15)4/h5-6,9-10H,7-8,11-12H2,1-4H3. The van der Waals surface area contributed by atoms with Crippen molar-refractivity contribution in [2.45, 2.75) is 45.9 Å². The van der Waals surface area contributed by atoms with E-state index in [-0.39, 0.29) is 6.09 Å². The second kappa shape index (κ2) is 6.74. The first-order valence-electron chi connectivity index (χ1n) is 8.38. The van der Waals surface area contributed by atoms with E-state index in [0.29, 0.717) is 19.7 Å². The average Bonchev–Trinajstić information content (AvgIpc) is 2.95. The number of aryl methyl sites for hydroxylation is 1. The van der Waals surface area contributed by atoms with Crippen LogP contribution in [0.15, 0.2) is 24.4 Å². The minimum atomic E-state index is -0.476. The highest BCUT2D eigenvalue weighted by Gasteiger charge is 2.25. The second-order valence-corrected chi connectivity index (χ2v) is 7.22. The molecular weight excluding hydrogens is 320 g/mol. The van der Waals surface area contributed by atoms with Crippen LogP contribution in [0.3, 0.4) is 0 Å². The van der Waals surface area contributed by atoms with Gasteiger partial charge in [0.25, 0.3) is 0 Å². The fourth-order valence-corrected chi connectivity index (χ4v) is 2.70. The summed E-state index contributed by atoms with van der Waals surface area (Å²) in [5.74, 6) is 0.811. The Morgan fingerprint density at radius 1 is 1.28 bits per heavy atom. The molecule has 25 heavy (non-hydrogen) atoms. The number of hydrogen-bond donors (Lipinski definition) is 0. The van der Waals surface area contributed by atoms with E-state index < -0.39 is 5.60 Å². The zero-order valence-corrected chi connectivity index (χ0v) is 15.2. The van der Waals surface area contributed by atoms with Gasteiger partial charge in [0.15, 0.2) is 0 Å². The van der Waals surface area contributed by atoms with Gasteiger partial charge in [-0.2, -0.15) is 0 Å². The minimum Gasteiger partial charge on any atom is -0.487 e. The Hall–Kier alpha value is -2.57. The molecule has 0 bridgehead atoms. The lowest BCUT2D eigenvalue weighted by Gasteiger charge is -2.31. The summed E-state index contributed by atoms with van der Waals surface area (Å²) in [5, 5.41) is 7.72. The molecular formula is C18H24N4O3. The summed E-state index contributed by atoms with van der Waals surface area (Å²) >= 11 is 0. The van der Waals surface area contributed by atoms with Gasteiger partial charge in [0.1, 0.15) is 18.0 Å². The van der Waals surface area contributed by atoms with Crippen LogP contribution in [-0.2, 0) is 31.4 Å². The molecule has 134 valence electrons. The Labute approximate surface area is 147 Å². The molecule has 1 aliphatic rings. The molecule has 0 atom stereocenters. The molecule has 7 heteroatoms. The van der Waals surface area contributed by atoms with Crippen LogP contribution in [-0.4, -0.2) is 38.1 Å². The molecule has 0 radical (unpaired) electrons. The number of fused-ring (bicyclic) bond motifs is 1. The molecule has 0 fully saturated rings. The van der Waals surface area contributed by atoms with Gasteiger partial charge in [-0.25, -0.2) is 9.48 Å². The maximum atomic E-state index is 12.2. The van der Waals surface area contributed by atoms with Crippen LogP contribution in [0.5, 0.6) is 5.75 Å². The van der Waals surface area contributed by atoms with Crippen molar-refractivity contribution in [3.63, 3.8) is 0 Å². The topological polar surface area (TPSA) is 69.5 Å². The van der Waals surface area contributed by atoms with Crippen LogP contribution in [0.25, 0.3) is 0 Å². The Bertz CT molecular complexity index is 764. The first-order valence-corrected chi connectivity index (χ1v) is 8.38. The number of rotatable bonds is 3. The number of nitrogens with zero attached hydrogens (tertiary/aromatic N) is 4. The van der Waals surface area contributed by atoms with Crippen molar-refractivity contribution in [2.75, 3.05) is 6.54 Å². The Morgan fingerprint density at radius 3 is 2.76 bits per heavy atom. The first kappa shape index (κ1) is 17.3. The van der Waals surface area contributed by atoms with E-state index >= 15 is 0 Å². The van der Waals surface area contributed by atoms with Gasteiger partial charge in [0.05, 0.1) is 11.9 Å². The van der Waals surface area contributed by atoms with E-state index in [4.69, 9.17) is 9.47 Å². The predicted molar refractivity (Wildman–Crippen MR) is 92.1 cm³/mol. The van der Waals surface area contributed by atoms with Crippen LogP contribution in [0, 0.1) is 0 Å². The minimum absolute atomic E-state index is 0.262. The van der Waals surface area contributed by atoms with Crippen molar-refractivity contribution in [2.24, 2.45) is 7.05 Å². The van der Waals surface area contributed by atoms with Crippen LogP contribution in [0.2, 0.25) is 0 Å². The quantitative estimate of drug-likeness (QED) is 0.856. The highest BCUT2D eigenvalue weighted by molar-refractivity contribution is 5.68. The number of amides is 1. The summed E-state index contributed by atoms with van der Waals surface area (Å²) < 4.78 is 13.0. The van der Waals surface area contributed by atoms with Gasteiger partial charge in [-0.3, -0.25) is 0 Å². The normalized spacial score (nSPS) is 14.2. The van der Waals surface area contributed by atoms with Crippen LogP contribution in [0.4, 0.5) is 4.79 Å². The van der Waals surface area contributed by atoms with E-state index in [2.05, 4.69) is 10.3 Å². The lowest BCUT2D eigenvalue weighted by molar-refractivity contribution is 0.0224. The molecule has 2 aromatic rings. The lowest BCUT2D eigenvalue weighted by atomic mass is 10.00. The van der Waals surface area contributed by atoms with E-state index in [1.165, 1.54) is 5.56 Å². The van der Waals surface area contributed by atoms with Crippen molar-refractivity contribution >= 4 is 6.09 Å². The number of ether oxygens (including phenoxy) is 2. The first-order chi connectivity index (χ1) is 11.8. The van der Waals surface area contributed by atoms with E-state index in [1.54, 1.807) is 15.8 Å².